The molecule has 0 unspecified atom stereocenters. The largest absolute Gasteiger partial charge is 0.294 e. The molecule has 0 aliphatic heterocycles. The Hall–Kier alpha value is -1.97. The number of hydrogen-bond donors (Lipinski definition) is 0. The average molecular weight is 341 g/mol. The van der Waals surface area contributed by atoms with Gasteiger partial charge >= 0.3 is 0 Å². The molecule has 0 radical (unpaired) electrons. The highest BCUT2D eigenvalue weighted by molar-refractivity contribution is 8.03. The third kappa shape index (κ3) is 4.31. The van der Waals surface area contributed by atoms with Crippen LogP contribution in [0, 0.1) is 5.41 Å². The lowest BCUT2D eigenvalue weighted by Gasteiger charge is -2.34. The number of hydrogen-bond acceptors (Lipinski definition) is 3. The highest BCUT2D eigenvalue weighted by Gasteiger charge is 2.39. The summed E-state index contributed by atoms with van der Waals surface area (Å²) in [6, 6.07) is 10.2. The second-order valence-corrected chi connectivity index (χ2v) is 7.17. The Balaban J connectivity index is 2.19. The number of Topliss-reactive ketones (excluding diaryl/α,β-unsaturated/α-hetero) is 1. The topological polar surface area (TPSA) is 65.8 Å². The summed E-state index contributed by atoms with van der Waals surface area (Å²) in [6.07, 6.45) is 7.19. The lowest BCUT2D eigenvalue weighted by molar-refractivity contribution is -0.123. The Morgan fingerprint density at radius 2 is 2.12 bits per heavy atom. The molecule has 126 valence electrons. The number of rotatable bonds is 7. The summed E-state index contributed by atoms with van der Waals surface area (Å²) < 4.78 is 0. The Morgan fingerprint density at radius 3 is 2.79 bits per heavy atom. The van der Waals surface area contributed by atoms with Crippen molar-refractivity contribution in [1.82, 2.24) is 0 Å². The number of nitrogens with zero attached hydrogens (tertiary/aromatic N) is 3. The van der Waals surface area contributed by atoms with Gasteiger partial charge in [0.2, 0.25) is 0 Å². The van der Waals surface area contributed by atoms with E-state index in [1.807, 2.05) is 44.2 Å². The molecule has 2 rings (SSSR count). The van der Waals surface area contributed by atoms with Gasteiger partial charge in [-0.25, -0.2) is 0 Å². The van der Waals surface area contributed by atoms with Gasteiger partial charge in [0.05, 0.1) is 5.41 Å². The van der Waals surface area contributed by atoms with E-state index in [1.54, 1.807) is 11.8 Å². The quantitative estimate of drug-likeness (QED) is 0.199. The van der Waals surface area contributed by atoms with E-state index in [0.29, 0.717) is 6.54 Å². The zero-order valence-electron chi connectivity index (χ0n) is 14.2. The normalized spacial score (nSPS) is 21.2. The molecule has 0 N–H and O–H groups in total. The molecule has 0 saturated heterocycles. The van der Waals surface area contributed by atoms with Crippen LogP contribution in [0.25, 0.3) is 10.4 Å². The number of ketones is 1. The Bertz CT molecular complexity index is 690. The molecule has 0 saturated carbocycles. The van der Waals surface area contributed by atoms with Crippen molar-refractivity contribution in [2.24, 2.45) is 10.5 Å². The highest BCUT2D eigenvalue weighted by Crippen LogP contribution is 2.45. The SMILES string of the molecule is C/C=C/[C@@]1(CCCN=[N+]=[N-])CCC(Sc2ccccc2)=C(C)C1=O. The van der Waals surface area contributed by atoms with Gasteiger partial charge in [-0.2, -0.15) is 0 Å². The predicted molar refractivity (Wildman–Crippen MR) is 99.7 cm³/mol. The molecule has 1 aliphatic rings. The van der Waals surface area contributed by atoms with Gasteiger partial charge in [0, 0.05) is 21.9 Å². The fourth-order valence-electron chi connectivity index (χ4n) is 3.21. The van der Waals surface area contributed by atoms with Crippen molar-refractivity contribution in [2.75, 3.05) is 6.54 Å². The second kappa shape index (κ2) is 8.76. The fourth-order valence-corrected chi connectivity index (χ4v) is 4.23. The first-order valence-corrected chi connectivity index (χ1v) is 9.07. The van der Waals surface area contributed by atoms with Gasteiger partial charge in [-0.05, 0) is 62.1 Å². The molecule has 0 aromatic heterocycles. The van der Waals surface area contributed by atoms with Crippen molar-refractivity contribution in [3.8, 4) is 0 Å². The third-order valence-electron chi connectivity index (χ3n) is 4.42. The number of thioether (sulfide) groups is 1. The minimum absolute atomic E-state index is 0.214. The maximum Gasteiger partial charge on any atom is 0.169 e. The lowest BCUT2D eigenvalue weighted by Crippen LogP contribution is -2.33. The van der Waals surface area contributed by atoms with Crippen molar-refractivity contribution in [2.45, 2.75) is 44.4 Å². The first kappa shape index (κ1) is 18.4. The zero-order valence-corrected chi connectivity index (χ0v) is 15.1. The van der Waals surface area contributed by atoms with E-state index in [0.717, 1.165) is 31.3 Å². The van der Waals surface area contributed by atoms with Crippen LogP contribution in [0.15, 0.2) is 63.0 Å². The summed E-state index contributed by atoms with van der Waals surface area (Å²) >= 11 is 1.70. The first-order chi connectivity index (χ1) is 11.6. The van der Waals surface area contributed by atoms with Gasteiger partial charge in [-0.3, -0.25) is 4.79 Å². The number of carbonyl (C=O) groups is 1. The summed E-state index contributed by atoms with van der Waals surface area (Å²) in [4.78, 5) is 18.2. The second-order valence-electron chi connectivity index (χ2n) is 6.01. The van der Waals surface area contributed by atoms with Crippen LogP contribution in [0.1, 0.15) is 39.5 Å². The third-order valence-corrected chi connectivity index (χ3v) is 5.69. The van der Waals surface area contributed by atoms with Gasteiger partial charge in [-0.15, -0.1) is 0 Å². The van der Waals surface area contributed by atoms with Crippen LogP contribution in [-0.4, -0.2) is 12.3 Å². The molecular weight excluding hydrogens is 318 g/mol. The number of carbonyl (C=O) groups excluding carboxylic acids is 1. The Kier molecular flexibility index (Phi) is 6.71. The van der Waals surface area contributed by atoms with Crippen molar-refractivity contribution in [3.05, 3.63) is 63.4 Å². The molecule has 4 nitrogen and oxygen atoms in total. The van der Waals surface area contributed by atoms with Gasteiger partial charge < -0.3 is 0 Å². The van der Waals surface area contributed by atoms with Crippen LogP contribution in [0.2, 0.25) is 0 Å². The fraction of sp³-hybridized carbons (Fsp3) is 0.421. The Morgan fingerprint density at radius 1 is 1.38 bits per heavy atom. The molecule has 1 aromatic rings. The molecule has 0 spiro atoms. The van der Waals surface area contributed by atoms with Crippen LogP contribution in [0.3, 0.4) is 0 Å². The minimum Gasteiger partial charge on any atom is -0.294 e. The predicted octanol–water partition coefficient (Wildman–Crippen LogP) is 6.07. The van der Waals surface area contributed by atoms with Gasteiger partial charge in [0.15, 0.2) is 5.78 Å². The molecule has 1 atom stereocenters. The maximum absolute atomic E-state index is 13.1. The number of allylic oxidation sites excluding steroid dienone is 4. The molecule has 0 bridgehead atoms. The summed E-state index contributed by atoms with van der Waals surface area (Å²) in [6.45, 7) is 4.34. The lowest BCUT2D eigenvalue weighted by atomic mass is 9.70. The average Bonchev–Trinajstić information content (AvgIpc) is 2.60. The highest BCUT2D eigenvalue weighted by atomic mass is 32.2. The van der Waals surface area contributed by atoms with Crippen LogP contribution >= 0.6 is 11.8 Å². The molecule has 0 fully saturated rings. The minimum atomic E-state index is -0.440. The van der Waals surface area contributed by atoms with Crippen LogP contribution in [0.4, 0.5) is 0 Å². The Labute approximate surface area is 147 Å². The van der Waals surface area contributed by atoms with Gasteiger partial charge in [0.25, 0.3) is 0 Å². The van der Waals surface area contributed by atoms with E-state index in [9.17, 15) is 4.79 Å². The first-order valence-electron chi connectivity index (χ1n) is 8.25. The zero-order chi connectivity index (χ0) is 17.4. The van der Waals surface area contributed by atoms with E-state index in [-0.39, 0.29) is 5.78 Å². The van der Waals surface area contributed by atoms with Gasteiger partial charge in [-0.1, -0.05) is 47.2 Å². The summed E-state index contributed by atoms with van der Waals surface area (Å²) in [5.41, 5.74) is 8.84. The molecule has 0 amide bonds. The van der Waals surface area contributed by atoms with E-state index in [4.69, 9.17) is 5.53 Å². The van der Waals surface area contributed by atoms with Crippen molar-refractivity contribution in [1.29, 1.82) is 0 Å². The van der Waals surface area contributed by atoms with E-state index in [1.165, 1.54) is 9.80 Å². The summed E-state index contributed by atoms with van der Waals surface area (Å²) in [7, 11) is 0. The van der Waals surface area contributed by atoms with Crippen LogP contribution in [0.5, 0.6) is 0 Å². The summed E-state index contributed by atoms with van der Waals surface area (Å²) in [5.74, 6) is 0.214. The molecule has 1 aliphatic carbocycles. The van der Waals surface area contributed by atoms with Crippen LogP contribution < -0.4 is 0 Å². The molecule has 1 aromatic carbocycles. The molecule has 5 heteroatoms. The van der Waals surface area contributed by atoms with E-state index < -0.39 is 5.41 Å². The van der Waals surface area contributed by atoms with E-state index >= 15 is 0 Å². The van der Waals surface area contributed by atoms with Gasteiger partial charge in [0.1, 0.15) is 0 Å². The van der Waals surface area contributed by atoms with Crippen molar-refractivity contribution < 1.29 is 4.79 Å². The molecule has 24 heavy (non-hydrogen) atoms. The summed E-state index contributed by atoms with van der Waals surface area (Å²) in [5, 5.41) is 3.59. The van der Waals surface area contributed by atoms with Crippen molar-refractivity contribution >= 4 is 17.5 Å². The smallest absolute Gasteiger partial charge is 0.169 e. The van der Waals surface area contributed by atoms with E-state index in [2.05, 4.69) is 22.2 Å². The number of azide groups is 1. The van der Waals surface area contributed by atoms with Crippen LogP contribution in [-0.2, 0) is 4.79 Å². The molecular formula is C19H23N3OS. The monoisotopic (exact) mass is 341 g/mol. The van der Waals surface area contributed by atoms with Crippen molar-refractivity contribution in [3.63, 3.8) is 0 Å². The molecule has 0 heterocycles. The standard InChI is InChI=1S/C19H23N3OS/c1-3-11-19(12-7-14-21-22-20)13-10-17(15(2)18(19)23)24-16-8-5-4-6-9-16/h3-6,8-9,11H,7,10,12-14H2,1-2H3/b11-3+/t19-/m1/s1. The maximum atomic E-state index is 13.1. The number of benzene rings is 1.